The number of hydrogen-bond acceptors (Lipinski definition) is 3. The average molecular weight is 422 g/mol. The number of carbonyl (C=O) groups excluding carboxylic acids is 2. The Balaban J connectivity index is 1.54. The van der Waals surface area contributed by atoms with Crippen LogP contribution in [0.1, 0.15) is 12.5 Å². The largest absolute Gasteiger partial charge is 0.573 e. The summed E-state index contributed by atoms with van der Waals surface area (Å²) < 4.78 is 40.4. The van der Waals surface area contributed by atoms with Crippen LogP contribution >= 0.6 is 0 Å². The minimum absolute atomic E-state index is 0.0309. The number of fused-ring (bicyclic) bond motifs is 1. The van der Waals surface area contributed by atoms with Gasteiger partial charge in [-0.3, -0.25) is 9.59 Å². The Bertz CT molecular complexity index is 916. The molecule has 2 aromatic rings. The number of nitrogens with one attached hydrogen (secondary N) is 2. The van der Waals surface area contributed by atoms with Crippen LogP contribution < -0.4 is 19.9 Å². The van der Waals surface area contributed by atoms with Gasteiger partial charge in [0.1, 0.15) is 5.75 Å². The van der Waals surface area contributed by atoms with Crippen LogP contribution in [-0.2, 0) is 16.0 Å². The van der Waals surface area contributed by atoms with Crippen LogP contribution in [0.25, 0.3) is 0 Å². The predicted octanol–water partition coefficient (Wildman–Crippen LogP) is 2.02. The fraction of sp³-hybridized carbons (Fsp3) is 0.333. The molecule has 1 aliphatic rings. The first-order valence-corrected chi connectivity index (χ1v) is 9.51. The summed E-state index contributed by atoms with van der Waals surface area (Å²) in [6.45, 7) is 2.42. The van der Waals surface area contributed by atoms with Gasteiger partial charge in [0.25, 0.3) is 11.8 Å². The summed E-state index contributed by atoms with van der Waals surface area (Å²) in [5.41, 5.74) is 2.38. The van der Waals surface area contributed by atoms with E-state index in [2.05, 4.69) is 10.1 Å². The van der Waals surface area contributed by atoms with Gasteiger partial charge in [0, 0.05) is 17.9 Å². The number of ether oxygens (including phenoxy) is 1. The van der Waals surface area contributed by atoms with Gasteiger partial charge in [0.2, 0.25) is 0 Å². The summed E-state index contributed by atoms with van der Waals surface area (Å²) >= 11 is 0. The quantitative estimate of drug-likeness (QED) is 0.749. The molecule has 1 unspecified atom stereocenters. The number of para-hydroxylation sites is 1. The molecule has 0 saturated carbocycles. The minimum Gasteiger partial charge on any atom is -0.406 e. The average Bonchev–Trinajstić information content (AvgIpc) is 3.11. The molecule has 0 aromatic heterocycles. The summed E-state index contributed by atoms with van der Waals surface area (Å²) in [6.07, 6.45) is -3.96. The van der Waals surface area contributed by atoms with Crippen LogP contribution in [0.15, 0.2) is 48.5 Å². The highest BCUT2D eigenvalue weighted by Crippen LogP contribution is 2.27. The van der Waals surface area contributed by atoms with Crippen molar-refractivity contribution in [2.45, 2.75) is 25.7 Å². The van der Waals surface area contributed by atoms with E-state index in [0.29, 0.717) is 17.1 Å². The Morgan fingerprint density at radius 3 is 2.50 bits per heavy atom. The number of amides is 2. The van der Waals surface area contributed by atoms with Crippen molar-refractivity contribution in [2.75, 3.05) is 30.4 Å². The third-order valence-corrected chi connectivity index (χ3v) is 5.07. The highest BCUT2D eigenvalue weighted by atomic mass is 19.4. The molecule has 0 fully saturated rings. The maximum absolute atomic E-state index is 12.9. The number of alkyl halides is 3. The van der Waals surface area contributed by atoms with E-state index in [-0.39, 0.29) is 24.1 Å². The molecule has 2 N–H and O–H groups in total. The number of quaternary nitrogens is 1. The van der Waals surface area contributed by atoms with Crippen molar-refractivity contribution in [3.63, 3.8) is 0 Å². The molecule has 0 bridgehead atoms. The Kier molecular flexibility index (Phi) is 6.31. The van der Waals surface area contributed by atoms with Gasteiger partial charge in [-0.05, 0) is 49.2 Å². The van der Waals surface area contributed by atoms with Crippen molar-refractivity contribution < 1.29 is 32.4 Å². The number of rotatable bonds is 6. The third-order valence-electron chi connectivity index (χ3n) is 5.07. The van der Waals surface area contributed by atoms with Crippen molar-refractivity contribution in [3.05, 3.63) is 54.1 Å². The van der Waals surface area contributed by atoms with E-state index < -0.39 is 12.4 Å². The fourth-order valence-electron chi connectivity index (χ4n) is 3.36. The molecule has 1 heterocycles. The highest BCUT2D eigenvalue weighted by Gasteiger charge is 2.33. The monoisotopic (exact) mass is 422 g/mol. The number of likely N-dealkylation sites (N-methyl/N-ethyl adjacent to an activating group) is 1. The molecule has 0 saturated heterocycles. The topological polar surface area (TPSA) is 63.1 Å². The Morgan fingerprint density at radius 2 is 1.83 bits per heavy atom. The van der Waals surface area contributed by atoms with Crippen LogP contribution in [0.5, 0.6) is 5.75 Å². The lowest BCUT2D eigenvalue weighted by Gasteiger charge is -2.25. The van der Waals surface area contributed by atoms with Crippen LogP contribution in [0, 0.1) is 0 Å². The summed E-state index contributed by atoms with van der Waals surface area (Å²) in [7, 11) is 1.75. The standard InChI is InChI=1S/C21H22F3N3O3/c1-14(20(29)27-12-11-15-5-3-4-6-18(15)27)26(2)13-19(28)25-16-7-9-17(10-8-16)30-21(22,23)24/h3-10,14H,11-13H2,1-2H3,(H,25,28)/p+1/t14-/m1/s1. The summed E-state index contributed by atoms with van der Waals surface area (Å²) in [4.78, 5) is 27.7. The maximum Gasteiger partial charge on any atom is 0.573 e. The van der Waals surface area contributed by atoms with Crippen molar-refractivity contribution >= 4 is 23.2 Å². The zero-order chi connectivity index (χ0) is 21.9. The van der Waals surface area contributed by atoms with E-state index >= 15 is 0 Å². The van der Waals surface area contributed by atoms with E-state index in [4.69, 9.17) is 0 Å². The number of hydrogen-bond donors (Lipinski definition) is 2. The number of anilines is 2. The molecular formula is C21H23F3N3O3+. The molecule has 0 spiro atoms. The van der Waals surface area contributed by atoms with E-state index in [9.17, 15) is 22.8 Å². The second kappa shape index (κ2) is 8.74. The molecule has 3 rings (SSSR count). The molecule has 2 aromatic carbocycles. The van der Waals surface area contributed by atoms with Gasteiger partial charge in [0.05, 0.1) is 7.05 Å². The second-order valence-corrected chi connectivity index (χ2v) is 7.23. The number of carbonyl (C=O) groups is 2. The number of benzene rings is 2. The zero-order valence-corrected chi connectivity index (χ0v) is 16.6. The fourth-order valence-corrected chi connectivity index (χ4v) is 3.36. The summed E-state index contributed by atoms with van der Waals surface area (Å²) in [5, 5.41) is 2.62. The van der Waals surface area contributed by atoms with E-state index in [1.54, 1.807) is 18.9 Å². The lowest BCUT2D eigenvalue weighted by atomic mass is 10.2. The van der Waals surface area contributed by atoms with Gasteiger partial charge >= 0.3 is 6.36 Å². The minimum atomic E-state index is -4.77. The molecule has 0 radical (unpaired) electrons. The summed E-state index contributed by atoms with van der Waals surface area (Å²) in [6, 6.07) is 12.2. The molecule has 9 heteroatoms. The first-order valence-electron chi connectivity index (χ1n) is 9.51. The maximum atomic E-state index is 12.9. The molecular weight excluding hydrogens is 399 g/mol. The number of nitrogens with zero attached hydrogens (tertiary/aromatic N) is 1. The number of halogens is 3. The van der Waals surface area contributed by atoms with Gasteiger partial charge in [-0.2, -0.15) is 0 Å². The van der Waals surface area contributed by atoms with Gasteiger partial charge in [0.15, 0.2) is 12.6 Å². The lowest BCUT2D eigenvalue weighted by Crippen LogP contribution is -3.15. The molecule has 0 aliphatic carbocycles. The lowest BCUT2D eigenvalue weighted by molar-refractivity contribution is -0.885. The molecule has 2 amide bonds. The third kappa shape index (κ3) is 5.29. The van der Waals surface area contributed by atoms with Gasteiger partial charge in [-0.15, -0.1) is 13.2 Å². The van der Waals surface area contributed by atoms with Gasteiger partial charge in [-0.1, -0.05) is 18.2 Å². The summed E-state index contributed by atoms with van der Waals surface area (Å²) in [5.74, 6) is -0.772. The van der Waals surface area contributed by atoms with Crippen molar-refractivity contribution in [2.24, 2.45) is 0 Å². The Morgan fingerprint density at radius 1 is 1.17 bits per heavy atom. The first-order chi connectivity index (χ1) is 14.1. The predicted molar refractivity (Wildman–Crippen MR) is 105 cm³/mol. The van der Waals surface area contributed by atoms with Crippen LogP contribution in [0.3, 0.4) is 0 Å². The van der Waals surface area contributed by atoms with Gasteiger partial charge < -0.3 is 19.9 Å². The molecule has 160 valence electrons. The van der Waals surface area contributed by atoms with E-state index in [1.807, 2.05) is 24.3 Å². The molecule has 1 aliphatic heterocycles. The van der Waals surface area contributed by atoms with E-state index in [0.717, 1.165) is 29.8 Å². The van der Waals surface area contributed by atoms with Crippen LogP contribution in [0.4, 0.5) is 24.5 Å². The molecule has 30 heavy (non-hydrogen) atoms. The van der Waals surface area contributed by atoms with Crippen LogP contribution in [0.2, 0.25) is 0 Å². The normalized spacial score (nSPS) is 15.3. The van der Waals surface area contributed by atoms with Crippen molar-refractivity contribution in [1.82, 2.24) is 0 Å². The molecule has 6 nitrogen and oxygen atoms in total. The molecule has 2 atom stereocenters. The van der Waals surface area contributed by atoms with Gasteiger partial charge in [-0.25, -0.2) is 0 Å². The van der Waals surface area contributed by atoms with Crippen LogP contribution in [-0.4, -0.2) is 44.4 Å². The Labute approximate surface area is 172 Å². The SMILES string of the molecule is C[C@H](C(=O)N1CCc2ccccc21)[NH+](C)CC(=O)Nc1ccc(OC(F)(F)F)cc1. The first kappa shape index (κ1) is 21.6. The van der Waals surface area contributed by atoms with Crippen molar-refractivity contribution in [1.29, 1.82) is 0 Å². The smallest absolute Gasteiger partial charge is 0.406 e. The second-order valence-electron chi connectivity index (χ2n) is 7.23. The van der Waals surface area contributed by atoms with E-state index in [1.165, 1.54) is 12.1 Å². The van der Waals surface area contributed by atoms with Crippen molar-refractivity contribution in [3.8, 4) is 5.75 Å². The zero-order valence-electron chi connectivity index (χ0n) is 16.6. The Hall–Kier alpha value is -3.07. The highest BCUT2D eigenvalue weighted by molar-refractivity contribution is 5.98.